The molecular weight excluding hydrogens is 170 g/mol. The van der Waals surface area contributed by atoms with Crippen LogP contribution < -0.4 is 5.32 Å². The van der Waals surface area contributed by atoms with Crippen LogP contribution in [0.2, 0.25) is 0 Å². The van der Waals surface area contributed by atoms with E-state index in [1.807, 2.05) is 12.3 Å². The molecule has 1 aromatic rings. The Balaban J connectivity index is 2.46. The van der Waals surface area contributed by atoms with Gasteiger partial charge in [0, 0.05) is 12.1 Å². The third-order valence-corrected chi connectivity index (χ3v) is 2.70. The lowest BCUT2D eigenvalue weighted by Crippen LogP contribution is -2.19. The summed E-state index contributed by atoms with van der Waals surface area (Å²) in [5, 5.41) is 4.38. The summed E-state index contributed by atoms with van der Waals surface area (Å²) in [6, 6.07) is 8.39. The highest BCUT2D eigenvalue weighted by Crippen LogP contribution is 2.41. The van der Waals surface area contributed by atoms with E-state index in [1.165, 1.54) is 5.56 Å². The van der Waals surface area contributed by atoms with Gasteiger partial charge in [-0.05, 0) is 17.0 Å². The maximum absolute atomic E-state index is 4.38. The monoisotopic (exact) mass is 186 g/mol. The van der Waals surface area contributed by atoms with E-state index in [0.29, 0.717) is 5.92 Å². The zero-order valence-corrected chi connectivity index (χ0v) is 8.99. The maximum Gasteiger partial charge on any atom is 0.0667 e. The summed E-state index contributed by atoms with van der Waals surface area (Å²) in [6.45, 7) is 6.80. The highest BCUT2D eigenvalue weighted by atomic mass is 14.9. The van der Waals surface area contributed by atoms with E-state index < -0.39 is 0 Å². The van der Waals surface area contributed by atoms with Crippen LogP contribution in [0.3, 0.4) is 0 Å². The van der Waals surface area contributed by atoms with Crippen LogP contribution in [-0.2, 0) is 0 Å². The lowest BCUT2D eigenvalue weighted by molar-refractivity contribution is 0.363. The smallest absolute Gasteiger partial charge is 0.0667 e. The molecule has 1 aromatic carbocycles. The van der Waals surface area contributed by atoms with E-state index in [9.17, 15) is 0 Å². The highest BCUT2D eigenvalue weighted by molar-refractivity contribution is 5.52. The second kappa shape index (κ2) is 3.16. The van der Waals surface area contributed by atoms with Crippen molar-refractivity contribution < 1.29 is 0 Å². The third kappa shape index (κ3) is 1.54. The van der Waals surface area contributed by atoms with Gasteiger partial charge < -0.3 is 0 Å². The van der Waals surface area contributed by atoms with E-state index in [2.05, 4.69) is 50.4 Å². The number of allylic oxidation sites excluding steroid dienone is 1. The lowest BCUT2D eigenvalue weighted by Gasteiger charge is -2.31. The molecule has 0 aromatic heterocycles. The molecule has 1 unspecified atom stereocenters. The topological polar surface area (TPSA) is 14.1 Å². The van der Waals surface area contributed by atoms with Gasteiger partial charge in [-0.25, -0.2) is 0 Å². The van der Waals surface area contributed by atoms with Crippen molar-refractivity contribution in [2.24, 2.45) is 5.41 Å². The average Bonchev–Trinajstić information content (AvgIpc) is 2.15. The molecule has 1 nitrogen and oxygen atoms in total. The molecule has 2 rings (SSSR count). The van der Waals surface area contributed by atoms with Gasteiger partial charge in [-0.2, -0.15) is 0 Å². The molecule has 1 aliphatic rings. The zero-order valence-electron chi connectivity index (χ0n) is 8.99. The molecule has 1 heteroatoms. The van der Waals surface area contributed by atoms with Crippen molar-refractivity contribution >= 4 is 5.69 Å². The summed E-state index contributed by atoms with van der Waals surface area (Å²) < 4.78 is 0. The van der Waals surface area contributed by atoms with Gasteiger partial charge in [-0.1, -0.05) is 45.0 Å². The zero-order chi connectivity index (χ0) is 10.2. The molecule has 1 radical (unpaired) electrons. The van der Waals surface area contributed by atoms with Crippen LogP contribution in [0.15, 0.2) is 36.5 Å². The van der Waals surface area contributed by atoms with E-state index in [0.717, 1.165) is 5.69 Å². The van der Waals surface area contributed by atoms with Crippen LogP contribution in [0.25, 0.3) is 0 Å². The van der Waals surface area contributed by atoms with Crippen molar-refractivity contribution in [3.8, 4) is 0 Å². The third-order valence-electron chi connectivity index (χ3n) is 2.70. The predicted octanol–water partition coefficient (Wildman–Crippen LogP) is 3.58. The quantitative estimate of drug-likeness (QED) is 0.588. The van der Waals surface area contributed by atoms with Crippen molar-refractivity contribution in [2.75, 3.05) is 0 Å². The fourth-order valence-electron chi connectivity index (χ4n) is 1.94. The summed E-state index contributed by atoms with van der Waals surface area (Å²) in [5.41, 5.74) is 2.74. The van der Waals surface area contributed by atoms with Crippen molar-refractivity contribution in [3.63, 3.8) is 0 Å². The van der Waals surface area contributed by atoms with Crippen LogP contribution >= 0.6 is 0 Å². The van der Waals surface area contributed by atoms with Gasteiger partial charge in [-0.3, -0.25) is 5.32 Å². The molecule has 73 valence electrons. The fraction of sp³-hybridized carbons (Fsp3) is 0.385. The number of benzene rings is 1. The largest absolute Gasteiger partial charge is 0.257 e. The molecule has 0 saturated carbocycles. The van der Waals surface area contributed by atoms with E-state index in [1.54, 1.807) is 0 Å². The van der Waals surface area contributed by atoms with Gasteiger partial charge in [0.1, 0.15) is 0 Å². The van der Waals surface area contributed by atoms with Gasteiger partial charge >= 0.3 is 0 Å². The summed E-state index contributed by atoms with van der Waals surface area (Å²) in [7, 11) is 0. The summed E-state index contributed by atoms with van der Waals surface area (Å²) in [5.74, 6) is 0.483. The Hall–Kier alpha value is -1.24. The lowest BCUT2D eigenvalue weighted by atomic mass is 9.75. The minimum atomic E-state index is 0.266. The standard InChI is InChI=1S/C13H16N/c1-13(2,3)11-8-9-14-12-7-5-4-6-10(11)12/h4-9,11H,1-3H3. The summed E-state index contributed by atoms with van der Waals surface area (Å²) >= 11 is 0. The number of rotatable bonds is 0. The predicted molar refractivity (Wildman–Crippen MR) is 59.6 cm³/mol. The minimum Gasteiger partial charge on any atom is -0.257 e. The first-order valence-corrected chi connectivity index (χ1v) is 5.05. The van der Waals surface area contributed by atoms with Gasteiger partial charge in [0.15, 0.2) is 0 Å². The minimum absolute atomic E-state index is 0.266. The Labute approximate surface area is 85.8 Å². The first kappa shape index (κ1) is 9.32. The van der Waals surface area contributed by atoms with Gasteiger partial charge in [0.2, 0.25) is 0 Å². The van der Waals surface area contributed by atoms with Gasteiger partial charge in [0.25, 0.3) is 0 Å². The summed E-state index contributed by atoms with van der Waals surface area (Å²) in [6.07, 6.45) is 4.13. The molecule has 1 aliphatic heterocycles. The molecular formula is C13H16N. The van der Waals surface area contributed by atoms with Crippen LogP contribution in [0, 0.1) is 5.41 Å². The molecule has 0 spiro atoms. The number of fused-ring (bicyclic) bond motifs is 1. The Morgan fingerprint density at radius 1 is 1.14 bits per heavy atom. The molecule has 0 aliphatic carbocycles. The molecule has 0 saturated heterocycles. The Kier molecular flexibility index (Phi) is 2.10. The first-order chi connectivity index (χ1) is 6.59. The molecule has 14 heavy (non-hydrogen) atoms. The molecule has 1 heterocycles. The van der Waals surface area contributed by atoms with Crippen LogP contribution in [-0.4, -0.2) is 0 Å². The van der Waals surface area contributed by atoms with Crippen molar-refractivity contribution in [1.29, 1.82) is 0 Å². The Morgan fingerprint density at radius 2 is 1.86 bits per heavy atom. The van der Waals surface area contributed by atoms with Crippen LogP contribution in [0.5, 0.6) is 0 Å². The fourth-order valence-corrected chi connectivity index (χ4v) is 1.94. The van der Waals surface area contributed by atoms with Gasteiger partial charge in [-0.15, -0.1) is 0 Å². The average molecular weight is 186 g/mol. The number of hydrogen-bond donors (Lipinski definition) is 0. The van der Waals surface area contributed by atoms with E-state index in [4.69, 9.17) is 0 Å². The first-order valence-electron chi connectivity index (χ1n) is 5.05. The summed E-state index contributed by atoms with van der Waals surface area (Å²) in [4.78, 5) is 0. The SMILES string of the molecule is CC(C)(C)C1C=C[N]c2ccccc21. The second-order valence-corrected chi connectivity index (χ2v) is 4.87. The Bertz CT molecular complexity index is 358. The molecule has 0 N–H and O–H groups in total. The van der Waals surface area contributed by atoms with Crippen molar-refractivity contribution in [1.82, 2.24) is 5.32 Å². The van der Waals surface area contributed by atoms with Gasteiger partial charge in [0.05, 0.1) is 5.69 Å². The molecule has 0 amide bonds. The maximum atomic E-state index is 4.38. The normalized spacial score (nSPS) is 20.1. The molecule has 1 atom stereocenters. The van der Waals surface area contributed by atoms with Crippen molar-refractivity contribution in [3.05, 3.63) is 42.1 Å². The number of nitrogens with zero attached hydrogens (tertiary/aromatic N) is 1. The second-order valence-electron chi connectivity index (χ2n) is 4.87. The van der Waals surface area contributed by atoms with Crippen LogP contribution in [0.1, 0.15) is 32.3 Å². The van der Waals surface area contributed by atoms with E-state index in [-0.39, 0.29) is 5.41 Å². The molecule has 0 fully saturated rings. The van der Waals surface area contributed by atoms with Crippen LogP contribution in [0.4, 0.5) is 5.69 Å². The highest BCUT2D eigenvalue weighted by Gasteiger charge is 2.27. The van der Waals surface area contributed by atoms with E-state index >= 15 is 0 Å². The van der Waals surface area contributed by atoms with Crippen molar-refractivity contribution in [2.45, 2.75) is 26.7 Å². The number of hydrogen-bond acceptors (Lipinski definition) is 0. The number of para-hydroxylation sites is 1. The Morgan fingerprint density at radius 3 is 2.57 bits per heavy atom. The molecule has 0 bridgehead atoms.